The van der Waals surface area contributed by atoms with Gasteiger partial charge in [0.25, 0.3) is 0 Å². The molecular formula is C59H113NO10. The van der Waals surface area contributed by atoms with Crippen LogP contribution in [0.5, 0.6) is 0 Å². The average molecular weight is 997 g/mol. The van der Waals surface area contributed by atoms with Gasteiger partial charge in [-0.1, -0.05) is 256 Å². The van der Waals surface area contributed by atoms with Crippen molar-refractivity contribution in [1.82, 2.24) is 5.32 Å². The zero-order chi connectivity index (χ0) is 51.1. The van der Waals surface area contributed by atoms with Crippen LogP contribution in [0.2, 0.25) is 0 Å². The summed E-state index contributed by atoms with van der Waals surface area (Å²) in [7, 11) is 0. The molecule has 0 aromatic carbocycles. The van der Waals surface area contributed by atoms with Gasteiger partial charge in [-0.25, -0.2) is 0 Å². The molecule has 0 aromatic heterocycles. The first kappa shape index (κ1) is 66.6. The van der Waals surface area contributed by atoms with Crippen molar-refractivity contribution >= 4 is 5.91 Å². The lowest BCUT2D eigenvalue weighted by Crippen LogP contribution is -2.60. The van der Waals surface area contributed by atoms with Crippen molar-refractivity contribution in [3.05, 3.63) is 24.3 Å². The van der Waals surface area contributed by atoms with Crippen LogP contribution in [0.1, 0.15) is 277 Å². The van der Waals surface area contributed by atoms with E-state index >= 15 is 0 Å². The summed E-state index contributed by atoms with van der Waals surface area (Å²) >= 11 is 0. The van der Waals surface area contributed by atoms with Gasteiger partial charge in [-0.15, -0.1) is 0 Å². The molecule has 414 valence electrons. The van der Waals surface area contributed by atoms with Crippen molar-refractivity contribution in [3.63, 3.8) is 0 Å². The maximum atomic E-state index is 13.2. The predicted octanol–water partition coefficient (Wildman–Crippen LogP) is 12.5. The normalized spacial score (nSPS) is 20.4. The summed E-state index contributed by atoms with van der Waals surface area (Å²) in [6, 6.07) is -1.17. The van der Waals surface area contributed by atoms with Crippen LogP contribution in [-0.2, 0) is 14.3 Å². The standard InChI is InChI=1S/C59H113NO10/c1-3-5-7-9-11-13-15-17-19-21-23-25-27-29-31-33-35-37-39-41-43-45-47-52(63)58(68)60-50(49-69-59-57(67)56(66)55(65)53(48-61)70-59)54(64)51(62)46-44-42-40-38-36-34-32-30-28-26-24-22-20-18-16-14-12-10-8-6-4-2/h23,25,29,31,50-57,59,61-67H,3-22,24,26-28,30,32-49H2,1-2H3,(H,60,68)/b25-23-,31-29-. The van der Waals surface area contributed by atoms with Gasteiger partial charge in [0, 0.05) is 0 Å². The molecule has 0 aliphatic carbocycles. The van der Waals surface area contributed by atoms with E-state index < -0.39 is 74.2 Å². The van der Waals surface area contributed by atoms with Crippen molar-refractivity contribution in [2.75, 3.05) is 13.2 Å². The molecule has 9 unspecified atom stereocenters. The molecule has 1 heterocycles. The summed E-state index contributed by atoms with van der Waals surface area (Å²) in [4.78, 5) is 13.2. The van der Waals surface area contributed by atoms with E-state index in [4.69, 9.17) is 9.47 Å². The van der Waals surface area contributed by atoms with E-state index in [0.29, 0.717) is 19.3 Å². The van der Waals surface area contributed by atoms with Crippen molar-refractivity contribution in [2.24, 2.45) is 0 Å². The van der Waals surface area contributed by atoms with E-state index in [1.165, 1.54) is 173 Å². The molecule has 1 amide bonds. The summed E-state index contributed by atoms with van der Waals surface area (Å²) in [6.07, 6.45) is 46.5. The molecule has 9 atom stereocenters. The van der Waals surface area contributed by atoms with Crippen molar-refractivity contribution in [1.29, 1.82) is 0 Å². The van der Waals surface area contributed by atoms with Gasteiger partial charge in [0.15, 0.2) is 6.29 Å². The fourth-order valence-corrected chi connectivity index (χ4v) is 9.65. The molecule has 11 heteroatoms. The molecule has 8 N–H and O–H groups in total. The smallest absolute Gasteiger partial charge is 0.249 e. The van der Waals surface area contributed by atoms with Gasteiger partial charge in [0.05, 0.1) is 25.4 Å². The highest BCUT2D eigenvalue weighted by atomic mass is 16.7. The van der Waals surface area contributed by atoms with E-state index in [9.17, 15) is 40.5 Å². The van der Waals surface area contributed by atoms with E-state index in [2.05, 4.69) is 43.5 Å². The molecule has 0 radical (unpaired) electrons. The summed E-state index contributed by atoms with van der Waals surface area (Å²) < 4.78 is 11.2. The summed E-state index contributed by atoms with van der Waals surface area (Å²) in [5.74, 6) is -0.701. The predicted molar refractivity (Wildman–Crippen MR) is 289 cm³/mol. The van der Waals surface area contributed by atoms with Crippen LogP contribution >= 0.6 is 0 Å². The second-order valence-electron chi connectivity index (χ2n) is 21.1. The highest BCUT2D eigenvalue weighted by molar-refractivity contribution is 5.80. The number of hydrogen-bond donors (Lipinski definition) is 8. The maximum Gasteiger partial charge on any atom is 0.249 e. The van der Waals surface area contributed by atoms with Crippen LogP contribution in [0.25, 0.3) is 0 Å². The van der Waals surface area contributed by atoms with Gasteiger partial charge < -0.3 is 50.5 Å². The summed E-state index contributed by atoms with van der Waals surface area (Å²) in [6.45, 7) is 3.48. The van der Waals surface area contributed by atoms with E-state index in [1.54, 1.807) is 0 Å². The van der Waals surface area contributed by atoms with Crippen LogP contribution in [0, 0.1) is 0 Å². The first-order valence-electron chi connectivity index (χ1n) is 29.7. The quantitative estimate of drug-likeness (QED) is 0.0215. The Kier molecular flexibility index (Phi) is 46.2. The van der Waals surface area contributed by atoms with Crippen molar-refractivity contribution in [3.8, 4) is 0 Å². The minimum absolute atomic E-state index is 0.250. The summed E-state index contributed by atoms with van der Waals surface area (Å²) in [5, 5.41) is 76.2. The summed E-state index contributed by atoms with van der Waals surface area (Å²) in [5.41, 5.74) is 0. The number of aliphatic hydroxyl groups excluding tert-OH is 7. The number of hydrogen-bond acceptors (Lipinski definition) is 10. The van der Waals surface area contributed by atoms with Gasteiger partial charge >= 0.3 is 0 Å². The number of nitrogens with one attached hydrogen (secondary N) is 1. The molecule has 0 saturated carbocycles. The Bertz CT molecular complexity index is 1190. The Balaban J connectivity index is 2.32. The lowest BCUT2D eigenvalue weighted by Gasteiger charge is -2.40. The molecule has 0 bridgehead atoms. The monoisotopic (exact) mass is 996 g/mol. The SMILES string of the molecule is CCCCCCCCCCC/C=C\C/C=C\CCCCCCCCC(O)C(=O)NC(COC1OC(CO)C(O)C(O)C1O)C(O)C(O)CCCCCCCCCCCCCCCCCCCCCCC. The highest BCUT2D eigenvalue weighted by Crippen LogP contribution is 2.23. The Morgan fingerprint density at radius 1 is 0.500 bits per heavy atom. The first-order valence-corrected chi connectivity index (χ1v) is 29.7. The minimum atomic E-state index is -1.66. The molecule has 0 spiro atoms. The average Bonchev–Trinajstić information content (AvgIpc) is 3.36. The van der Waals surface area contributed by atoms with Crippen LogP contribution in [-0.4, -0.2) is 110 Å². The van der Waals surface area contributed by atoms with E-state index in [0.717, 1.165) is 64.2 Å². The van der Waals surface area contributed by atoms with Crippen molar-refractivity contribution < 1.29 is 50.0 Å². The van der Waals surface area contributed by atoms with Crippen LogP contribution < -0.4 is 5.32 Å². The molecule has 1 saturated heterocycles. The molecule has 11 nitrogen and oxygen atoms in total. The number of carbonyl (C=O) groups excluding carboxylic acids is 1. The molecule has 1 aliphatic heterocycles. The third kappa shape index (κ3) is 36.5. The second kappa shape index (κ2) is 48.5. The van der Waals surface area contributed by atoms with Gasteiger partial charge in [0.1, 0.15) is 36.6 Å². The fourth-order valence-electron chi connectivity index (χ4n) is 9.65. The van der Waals surface area contributed by atoms with Gasteiger partial charge in [-0.2, -0.15) is 0 Å². The Hall–Kier alpha value is -1.41. The topological polar surface area (TPSA) is 189 Å². The lowest BCUT2D eigenvalue weighted by atomic mass is 9.98. The van der Waals surface area contributed by atoms with Gasteiger partial charge in [-0.05, 0) is 44.9 Å². The zero-order valence-electron chi connectivity index (χ0n) is 45.3. The number of aliphatic hydroxyl groups is 7. The van der Waals surface area contributed by atoms with E-state index in [1.807, 2.05) is 0 Å². The molecular weight excluding hydrogens is 883 g/mol. The fraction of sp³-hybridized carbons (Fsp3) is 0.915. The maximum absolute atomic E-state index is 13.2. The number of unbranched alkanes of at least 4 members (excludes halogenated alkanes) is 35. The van der Waals surface area contributed by atoms with Crippen LogP contribution in [0.3, 0.4) is 0 Å². The zero-order valence-corrected chi connectivity index (χ0v) is 45.3. The molecule has 1 fully saturated rings. The lowest BCUT2D eigenvalue weighted by molar-refractivity contribution is -0.303. The third-order valence-corrected chi connectivity index (χ3v) is 14.5. The van der Waals surface area contributed by atoms with E-state index in [-0.39, 0.29) is 6.42 Å². The first-order chi connectivity index (χ1) is 34.2. The Morgan fingerprint density at radius 2 is 0.871 bits per heavy atom. The number of ether oxygens (including phenoxy) is 2. The molecule has 70 heavy (non-hydrogen) atoms. The Morgan fingerprint density at radius 3 is 1.27 bits per heavy atom. The molecule has 1 rings (SSSR count). The number of carbonyl (C=O) groups is 1. The Labute approximate surface area is 429 Å². The van der Waals surface area contributed by atoms with Gasteiger partial charge in [-0.3, -0.25) is 4.79 Å². The largest absolute Gasteiger partial charge is 0.394 e. The van der Waals surface area contributed by atoms with Crippen LogP contribution in [0.15, 0.2) is 24.3 Å². The number of rotatable bonds is 51. The highest BCUT2D eigenvalue weighted by Gasteiger charge is 2.44. The minimum Gasteiger partial charge on any atom is -0.394 e. The molecule has 1 aliphatic rings. The number of amides is 1. The molecule has 0 aromatic rings. The third-order valence-electron chi connectivity index (χ3n) is 14.5. The van der Waals surface area contributed by atoms with Crippen LogP contribution in [0.4, 0.5) is 0 Å². The van der Waals surface area contributed by atoms with Crippen molar-refractivity contribution in [2.45, 2.75) is 332 Å². The van der Waals surface area contributed by atoms with Gasteiger partial charge in [0.2, 0.25) is 5.91 Å². The second-order valence-corrected chi connectivity index (χ2v) is 21.1. The number of allylic oxidation sites excluding steroid dienone is 4.